The minimum absolute atomic E-state index is 0.106. The van der Waals surface area contributed by atoms with E-state index in [1.807, 2.05) is 54.6 Å². The van der Waals surface area contributed by atoms with E-state index in [1.54, 1.807) is 7.11 Å². The highest BCUT2D eigenvalue weighted by Gasteiger charge is 2.31. The third-order valence-electron chi connectivity index (χ3n) is 3.82. The number of nitrogens with one attached hydrogen (secondary N) is 1. The fraction of sp³-hybridized carbons (Fsp3) is 0.278. The van der Waals surface area contributed by atoms with E-state index < -0.39 is 0 Å². The van der Waals surface area contributed by atoms with Crippen molar-refractivity contribution in [3.63, 3.8) is 0 Å². The predicted octanol–water partition coefficient (Wildman–Crippen LogP) is 3.31. The van der Waals surface area contributed by atoms with Crippen LogP contribution in [0.15, 0.2) is 54.6 Å². The summed E-state index contributed by atoms with van der Waals surface area (Å²) in [5, 5.41) is 3.17. The van der Waals surface area contributed by atoms with E-state index in [0.717, 1.165) is 29.7 Å². The summed E-state index contributed by atoms with van der Waals surface area (Å²) >= 11 is 0. The molecule has 3 nitrogen and oxygen atoms in total. The van der Waals surface area contributed by atoms with Crippen LogP contribution in [0.5, 0.6) is 5.75 Å². The molecule has 3 heteroatoms. The largest absolute Gasteiger partial charge is 0.497 e. The van der Waals surface area contributed by atoms with E-state index >= 15 is 0 Å². The van der Waals surface area contributed by atoms with Gasteiger partial charge in [0.25, 0.3) is 0 Å². The zero-order valence-electron chi connectivity index (χ0n) is 12.1. The summed E-state index contributed by atoms with van der Waals surface area (Å²) in [6, 6.07) is 17.8. The minimum atomic E-state index is -0.106. The zero-order valence-corrected chi connectivity index (χ0v) is 12.1. The Morgan fingerprint density at radius 3 is 2.24 bits per heavy atom. The van der Waals surface area contributed by atoms with E-state index in [4.69, 9.17) is 4.74 Å². The summed E-state index contributed by atoms with van der Waals surface area (Å²) in [5.74, 6) is 1.17. The van der Waals surface area contributed by atoms with Crippen LogP contribution in [0.4, 0.5) is 0 Å². The van der Waals surface area contributed by atoms with Crippen molar-refractivity contribution in [3.05, 3.63) is 65.7 Å². The number of benzene rings is 2. The summed E-state index contributed by atoms with van der Waals surface area (Å²) in [6.45, 7) is 0. The molecular formula is C18H19NO2. The molecule has 1 saturated carbocycles. The fourth-order valence-electron chi connectivity index (χ4n) is 2.41. The molecule has 2 aromatic rings. The first-order valence-corrected chi connectivity index (χ1v) is 7.27. The Hall–Kier alpha value is -2.29. The second-order valence-electron chi connectivity index (χ2n) is 5.40. The summed E-state index contributed by atoms with van der Waals surface area (Å²) in [7, 11) is 1.65. The smallest absolute Gasteiger partial charge is 0.223 e. The molecule has 0 aliphatic heterocycles. The first-order chi connectivity index (χ1) is 10.3. The van der Waals surface area contributed by atoms with Gasteiger partial charge in [0.05, 0.1) is 13.2 Å². The van der Waals surface area contributed by atoms with Crippen LogP contribution in [0.25, 0.3) is 0 Å². The van der Waals surface area contributed by atoms with Crippen LogP contribution in [0.2, 0.25) is 0 Å². The van der Waals surface area contributed by atoms with Gasteiger partial charge in [0.2, 0.25) is 5.91 Å². The van der Waals surface area contributed by atoms with Gasteiger partial charge in [0.1, 0.15) is 5.75 Å². The molecule has 1 atom stereocenters. The average molecular weight is 281 g/mol. The van der Waals surface area contributed by atoms with Crippen molar-refractivity contribution >= 4 is 5.91 Å². The Morgan fingerprint density at radius 2 is 1.67 bits per heavy atom. The topological polar surface area (TPSA) is 38.3 Å². The van der Waals surface area contributed by atoms with Crippen molar-refractivity contribution in [1.82, 2.24) is 5.32 Å². The summed E-state index contributed by atoms with van der Waals surface area (Å²) in [5.41, 5.74) is 2.16. The summed E-state index contributed by atoms with van der Waals surface area (Å²) < 4.78 is 5.20. The van der Waals surface area contributed by atoms with Gasteiger partial charge < -0.3 is 10.1 Å². The summed E-state index contributed by atoms with van der Waals surface area (Å²) in [6.07, 6.45) is 2.02. The maximum absolute atomic E-state index is 12.1. The Balaban J connectivity index is 1.88. The molecule has 21 heavy (non-hydrogen) atoms. The van der Waals surface area contributed by atoms with Gasteiger partial charge in [0.15, 0.2) is 0 Å². The molecule has 0 saturated heterocycles. The molecule has 2 aromatic carbocycles. The van der Waals surface area contributed by atoms with Crippen LogP contribution >= 0.6 is 0 Å². The van der Waals surface area contributed by atoms with Crippen molar-refractivity contribution in [2.75, 3.05) is 7.11 Å². The molecule has 1 fully saturated rings. The third kappa shape index (κ3) is 3.24. The number of carbonyl (C=O) groups is 1. The maximum Gasteiger partial charge on any atom is 0.223 e. The average Bonchev–Trinajstić information content (AvgIpc) is 3.38. The van der Waals surface area contributed by atoms with Crippen LogP contribution < -0.4 is 10.1 Å². The fourth-order valence-corrected chi connectivity index (χ4v) is 2.41. The quantitative estimate of drug-likeness (QED) is 0.913. The Kier molecular flexibility index (Phi) is 3.91. The molecule has 1 aliphatic rings. The van der Waals surface area contributed by atoms with Crippen molar-refractivity contribution in [1.29, 1.82) is 0 Å². The van der Waals surface area contributed by atoms with Gasteiger partial charge in [0, 0.05) is 5.92 Å². The standard InChI is InChI=1S/C18H19NO2/c1-21-16-11-9-14(10-12-16)17(13-5-3-2-4-6-13)19-18(20)15-7-8-15/h2-6,9-12,15,17H,7-8H2,1H3,(H,19,20). The van der Waals surface area contributed by atoms with Crippen LogP contribution in [0, 0.1) is 5.92 Å². The zero-order chi connectivity index (χ0) is 14.7. The molecule has 0 bridgehead atoms. The normalized spacial score (nSPS) is 15.3. The van der Waals surface area contributed by atoms with Gasteiger partial charge in [-0.2, -0.15) is 0 Å². The van der Waals surface area contributed by atoms with E-state index in [0.29, 0.717) is 0 Å². The maximum atomic E-state index is 12.1. The van der Waals surface area contributed by atoms with Crippen LogP contribution in [-0.2, 0) is 4.79 Å². The number of amides is 1. The lowest BCUT2D eigenvalue weighted by molar-refractivity contribution is -0.122. The molecule has 1 unspecified atom stereocenters. The number of carbonyl (C=O) groups excluding carboxylic acids is 1. The monoisotopic (exact) mass is 281 g/mol. The predicted molar refractivity (Wildman–Crippen MR) is 82.1 cm³/mol. The van der Waals surface area contributed by atoms with E-state index in [-0.39, 0.29) is 17.9 Å². The highest BCUT2D eigenvalue weighted by atomic mass is 16.5. The lowest BCUT2D eigenvalue weighted by atomic mass is 9.98. The second-order valence-corrected chi connectivity index (χ2v) is 5.40. The second kappa shape index (κ2) is 6.00. The molecule has 0 spiro atoms. The molecule has 3 rings (SSSR count). The molecule has 1 N–H and O–H groups in total. The van der Waals surface area contributed by atoms with Crippen molar-refractivity contribution in [2.45, 2.75) is 18.9 Å². The van der Waals surface area contributed by atoms with Crippen molar-refractivity contribution in [2.24, 2.45) is 5.92 Å². The Bertz CT molecular complexity index is 603. The van der Waals surface area contributed by atoms with Crippen molar-refractivity contribution in [3.8, 4) is 5.75 Å². The number of hydrogen-bond donors (Lipinski definition) is 1. The molecule has 0 radical (unpaired) electrons. The lowest BCUT2D eigenvalue weighted by Crippen LogP contribution is -2.30. The van der Waals surface area contributed by atoms with Gasteiger partial charge in [-0.25, -0.2) is 0 Å². The molecule has 0 aromatic heterocycles. The van der Waals surface area contributed by atoms with Crippen LogP contribution in [0.3, 0.4) is 0 Å². The molecule has 1 amide bonds. The Labute approximate surface area is 124 Å². The van der Waals surface area contributed by atoms with Crippen molar-refractivity contribution < 1.29 is 9.53 Å². The third-order valence-corrected chi connectivity index (χ3v) is 3.82. The number of hydrogen-bond acceptors (Lipinski definition) is 2. The molecule has 0 heterocycles. The van der Waals surface area contributed by atoms with Crippen LogP contribution in [-0.4, -0.2) is 13.0 Å². The van der Waals surface area contributed by atoms with Crippen LogP contribution in [0.1, 0.15) is 30.0 Å². The minimum Gasteiger partial charge on any atom is -0.497 e. The Morgan fingerprint density at radius 1 is 1.05 bits per heavy atom. The number of methoxy groups -OCH3 is 1. The van der Waals surface area contributed by atoms with E-state index in [1.165, 1.54) is 0 Å². The molecular weight excluding hydrogens is 262 g/mol. The first kappa shape index (κ1) is 13.7. The SMILES string of the molecule is COc1ccc(C(NC(=O)C2CC2)c2ccccc2)cc1. The molecule has 108 valence electrons. The van der Waals surface area contributed by atoms with Gasteiger partial charge in [-0.05, 0) is 36.1 Å². The highest BCUT2D eigenvalue weighted by Crippen LogP contribution is 2.31. The molecule has 1 aliphatic carbocycles. The number of rotatable bonds is 5. The van der Waals surface area contributed by atoms with Gasteiger partial charge in [-0.15, -0.1) is 0 Å². The van der Waals surface area contributed by atoms with E-state index in [2.05, 4.69) is 5.32 Å². The number of ether oxygens (including phenoxy) is 1. The highest BCUT2D eigenvalue weighted by molar-refractivity contribution is 5.81. The summed E-state index contributed by atoms with van der Waals surface area (Å²) in [4.78, 5) is 12.1. The lowest BCUT2D eigenvalue weighted by Gasteiger charge is -2.20. The first-order valence-electron chi connectivity index (χ1n) is 7.27. The van der Waals surface area contributed by atoms with Gasteiger partial charge >= 0.3 is 0 Å². The van der Waals surface area contributed by atoms with Gasteiger partial charge in [-0.3, -0.25) is 4.79 Å². The van der Waals surface area contributed by atoms with E-state index in [9.17, 15) is 4.79 Å². The van der Waals surface area contributed by atoms with Gasteiger partial charge in [-0.1, -0.05) is 42.5 Å².